The predicted octanol–water partition coefficient (Wildman–Crippen LogP) is 4.13. The first-order valence-electron chi connectivity index (χ1n) is 6.36. The lowest BCUT2D eigenvalue weighted by atomic mass is 10.0. The second-order valence-corrected chi connectivity index (χ2v) is 6.00. The monoisotopic (exact) mass is 302 g/mol. The molecule has 0 saturated carbocycles. The van der Waals surface area contributed by atoms with Gasteiger partial charge in [0.05, 0.1) is 15.6 Å². The Morgan fingerprint density at radius 3 is 2.47 bits per heavy atom. The van der Waals surface area contributed by atoms with E-state index in [1.165, 1.54) is 6.07 Å². The molecule has 0 fully saturated rings. The number of carbonyl (C=O) groups is 1. The first kappa shape index (κ1) is 16.1. The minimum absolute atomic E-state index is 0.0890. The van der Waals surface area contributed by atoms with Crippen LogP contribution in [0.3, 0.4) is 0 Å². The first-order valence-corrected chi connectivity index (χ1v) is 7.12. The number of nitrogens with one attached hydrogen (secondary N) is 1. The van der Waals surface area contributed by atoms with Crippen molar-refractivity contribution in [2.75, 3.05) is 5.73 Å². The number of anilines is 1. The molecule has 0 radical (unpaired) electrons. The highest BCUT2D eigenvalue weighted by atomic mass is 35.5. The van der Waals surface area contributed by atoms with Crippen molar-refractivity contribution < 1.29 is 4.79 Å². The summed E-state index contributed by atoms with van der Waals surface area (Å²) in [7, 11) is 0. The lowest BCUT2D eigenvalue weighted by Gasteiger charge is -2.16. The van der Waals surface area contributed by atoms with Crippen molar-refractivity contribution in [2.24, 2.45) is 5.92 Å². The summed E-state index contributed by atoms with van der Waals surface area (Å²) in [5.74, 6) is 0.375. The van der Waals surface area contributed by atoms with E-state index in [4.69, 9.17) is 28.9 Å². The Bertz CT molecular complexity index is 461. The maximum Gasteiger partial charge on any atom is 0.253 e. The molecule has 1 aromatic carbocycles. The van der Waals surface area contributed by atoms with Crippen LogP contribution in [0.15, 0.2) is 12.1 Å². The summed E-state index contributed by atoms with van der Waals surface area (Å²) in [6, 6.07) is 3.16. The van der Waals surface area contributed by atoms with Crippen molar-refractivity contribution in [3.05, 3.63) is 27.7 Å². The van der Waals surface area contributed by atoms with Gasteiger partial charge in [0.15, 0.2) is 0 Å². The molecule has 0 aliphatic carbocycles. The SMILES string of the molecule is CC(C)CCC(C)NC(=O)c1cc(N)cc(Cl)c1Cl. The van der Waals surface area contributed by atoms with Gasteiger partial charge in [0.1, 0.15) is 0 Å². The van der Waals surface area contributed by atoms with E-state index in [2.05, 4.69) is 19.2 Å². The van der Waals surface area contributed by atoms with Crippen LogP contribution in [-0.4, -0.2) is 11.9 Å². The average Bonchev–Trinajstić information content (AvgIpc) is 2.31. The van der Waals surface area contributed by atoms with Crippen LogP contribution in [0.5, 0.6) is 0 Å². The Hall–Kier alpha value is -0.930. The highest BCUT2D eigenvalue weighted by Gasteiger charge is 2.16. The number of hydrogen-bond donors (Lipinski definition) is 2. The van der Waals surface area contributed by atoms with Gasteiger partial charge in [0.25, 0.3) is 5.91 Å². The minimum Gasteiger partial charge on any atom is -0.399 e. The van der Waals surface area contributed by atoms with E-state index in [0.29, 0.717) is 22.2 Å². The van der Waals surface area contributed by atoms with Crippen LogP contribution >= 0.6 is 23.2 Å². The van der Waals surface area contributed by atoms with Crippen molar-refractivity contribution >= 4 is 34.8 Å². The lowest BCUT2D eigenvalue weighted by Crippen LogP contribution is -2.33. The Kier molecular flexibility index (Phi) is 5.95. The van der Waals surface area contributed by atoms with Gasteiger partial charge in [0, 0.05) is 11.7 Å². The molecule has 0 aromatic heterocycles. The molecule has 1 atom stereocenters. The molecular weight excluding hydrogens is 283 g/mol. The van der Waals surface area contributed by atoms with E-state index in [1.54, 1.807) is 6.07 Å². The molecule has 106 valence electrons. The number of benzene rings is 1. The van der Waals surface area contributed by atoms with Gasteiger partial charge < -0.3 is 11.1 Å². The van der Waals surface area contributed by atoms with Crippen molar-refractivity contribution in [3.63, 3.8) is 0 Å². The molecule has 0 heterocycles. The number of halogens is 2. The van der Waals surface area contributed by atoms with Crippen molar-refractivity contribution in [2.45, 2.75) is 39.7 Å². The summed E-state index contributed by atoms with van der Waals surface area (Å²) in [4.78, 5) is 12.1. The largest absolute Gasteiger partial charge is 0.399 e. The fourth-order valence-electron chi connectivity index (χ4n) is 1.73. The molecule has 3 nitrogen and oxygen atoms in total. The zero-order valence-corrected chi connectivity index (χ0v) is 13.0. The molecule has 0 bridgehead atoms. The molecule has 1 rings (SSSR count). The second-order valence-electron chi connectivity index (χ2n) is 5.21. The van der Waals surface area contributed by atoms with Gasteiger partial charge in [0.2, 0.25) is 0 Å². The van der Waals surface area contributed by atoms with E-state index in [-0.39, 0.29) is 17.0 Å². The third-order valence-electron chi connectivity index (χ3n) is 2.85. The molecule has 0 spiro atoms. The Morgan fingerprint density at radius 1 is 1.26 bits per heavy atom. The average molecular weight is 303 g/mol. The number of nitrogen functional groups attached to an aromatic ring is 1. The first-order chi connectivity index (χ1) is 8.81. The van der Waals surface area contributed by atoms with Crippen LogP contribution in [0.2, 0.25) is 10.0 Å². The van der Waals surface area contributed by atoms with E-state index in [9.17, 15) is 4.79 Å². The molecule has 5 heteroatoms. The molecule has 1 aromatic rings. The second kappa shape index (κ2) is 7.01. The van der Waals surface area contributed by atoms with E-state index >= 15 is 0 Å². The van der Waals surface area contributed by atoms with Crippen molar-refractivity contribution in [3.8, 4) is 0 Å². The summed E-state index contributed by atoms with van der Waals surface area (Å²) < 4.78 is 0. The quantitative estimate of drug-likeness (QED) is 0.804. The number of rotatable bonds is 5. The number of hydrogen-bond acceptors (Lipinski definition) is 2. The van der Waals surface area contributed by atoms with Crippen LogP contribution in [0.4, 0.5) is 5.69 Å². The van der Waals surface area contributed by atoms with Crippen molar-refractivity contribution in [1.29, 1.82) is 0 Å². The summed E-state index contributed by atoms with van der Waals surface area (Å²) in [6.45, 7) is 6.29. The van der Waals surface area contributed by atoms with E-state index < -0.39 is 0 Å². The molecule has 0 aliphatic heterocycles. The molecule has 1 unspecified atom stereocenters. The molecule has 3 N–H and O–H groups in total. The van der Waals surface area contributed by atoms with Crippen LogP contribution in [0, 0.1) is 5.92 Å². The number of carbonyl (C=O) groups excluding carboxylic acids is 1. The van der Waals surface area contributed by atoms with Crippen LogP contribution in [0.25, 0.3) is 0 Å². The molecule has 19 heavy (non-hydrogen) atoms. The Morgan fingerprint density at radius 2 is 1.89 bits per heavy atom. The van der Waals surface area contributed by atoms with Crippen LogP contribution in [0.1, 0.15) is 44.0 Å². The zero-order valence-electron chi connectivity index (χ0n) is 11.5. The van der Waals surface area contributed by atoms with Gasteiger partial charge in [-0.05, 0) is 37.8 Å². The maximum atomic E-state index is 12.1. The van der Waals surface area contributed by atoms with Crippen LogP contribution in [-0.2, 0) is 0 Å². The van der Waals surface area contributed by atoms with Gasteiger partial charge in [-0.3, -0.25) is 4.79 Å². The van der Waals surface area contributed by atoms with E-state index in [1.807, 2.05) is 6.92 Å². The normalized spacial score (nSPS) is 12.5. The molecule has 0 aliphatic rings. The number of amides is 1. The summed E-state index contributed by atoms with van der Waals surface area (Å²) in [5, 5.41) is 3.44. The molecular formula is C14H20Cl2N2O. The summed E-state index contributed by atoms with van der Waals surface area (Å²) in [5.41, 5.74) is 6.42. The highest BCUT2D eigenvalue weighted by molar-refractivity contribution is 6.44. The molecule has 0 saturated heterocycles. The topological polar surface area (TPSA) is 55.1 Å². The van der Waals surface area contributed by atoms with Gasteiger partial charge in [-0.1, -0.05) is 37.0 Å². The maximum absolute atomic E-state index is 12.1. The lowest BCUT2D eigenvalue weighted by molar-refractivity contribution is 0.0937. The standard InChI is InChI=1S/C14H20Cl2N2O/c1-8(2)4-5-9(3)18-14(19)11-6-10(17)7-12(15)13(11)16/h6-9H,4-5,17H2,1-3H3,(H,18,19). The Labute approximate surface area is 124 Å². The zero-order chi connectivity index (χ0) is 14.6. The fourth-order valence-corrected chi connectivity index (χ4v) is 2.16. The smallest absolute Gasteiger partial charge is 0.253 e. The van der Waals surface area contributed by atoms with Crippen LogP contribution < -0.4 is 11.1 Å². The van der Waals surface area contributed by atoms with Gasteiger partial charge in [-0.2, -0.15) is 0 Å². The highest BCUT2D eigenvalue weighted by Crippen LogP contribution is 2.28. The fraction of sp³-hybridized carbons (Fsp3) is 0.500. The number of nitrogens with two attached hydrogens (primary N) is 1. The third-order valence-corrected chi connectivity index (χ3v) is 3.65. The van der Waals surface area contributed by atoms with Gasteiger partial charge >= 0.3 is 0 Å². The summed E-state index contributed by atoms with van der Waals surface area (Å²) >= 11 is 11.9. The third kappa shape index (κ3) is 4.92. The predicted molar refractivity (Wildman–Crippen MR) is 81.9 cm³/mol. The van der Waals surface area contributed by atoms with E-state index in [0.717, 1.165) is 12.8 Å². The Balaban J connectivity index is 2.73. The van der Waals surface area contributed by atoms with Gasteiger partial charge in [-0.25, -0.2) is 0 Å². The van der Waals surface area contributed by atoms with Gasteiger partial charge in [-0.15, -0.1) is 0 Å². The molecule has 1 amide bonds. The summed E-state index contributed by atoms with van der Waals surface area (Å²) in [6.07, 6.45) is 1.99. The minimum atomic E-state index is -0.240. The van der Waals surface area contributed by atoms with Crippen molar-refractivity contribution in [1.82, 2.24) is 5.32 Å².